The Hall–Kier alpha value is -1.87. The normalized spacial score (nSPS) is 10.2. The fourth-order valence-corrected chi connectivity index (χ4v) is 1.84. The Morgan fingerprint density at radius 1 is 1.35 bits per heavy atom. The summed E-state index contributed by atoms with van der Waals surface area (Å²) in [5.41, 5.74) is 8.06. The molecular weight excluding hydrogens is 236 g/mol. The van der Waals surface area contributed by atoms with Crippen molar-refractivity contribution in [3.05, 3.63) is 58.4 Å². The summed E-state index contributed by atoms with van der Waals surface area (Å²) in [5, 5.41) is 0.454. The third kappa shape index (κ3) is 2.45. The molecule has 1 heterocycles. The van der Waals surface area contributed by atoms with E-state index in [0.29, 0.717) is 21.8 Å². The van der Waals surface area contributed by atoms with Gasteiger partial charge in [-0.3, -0.25) is 9.78 Å². The SMILES string of the molecule is Cc1ccncc1C(=O)c1cc(N)cc(Cl)c1. The lowest BCUT2D eigenvalue weighted by atomic mass is 10.0. The molecule has 0 saturated heterocycles. The number of aryl methyl sites for hydroxylation is 1. The van der Waals surface area contributed by atoms with Crippen molar-refractivity contribution in [1.29, 1.82) is 0 Å². The number of aromatic nitrogens is 1. The van der Waals surface area contributed by atoms with E-state index in [0.717, 1.165) is 5.56 Å². The highest BCUT2D eigenvalue weighted by Crippen LogP contribution is 2.20. The zero-order valence-electron chi connectivity index (χ0n) is 9.27. The highest BCUT2D eigenvalue weighted by atomic mass is 35.5. The maximum absolute atomic E-state index is 12.2. The Morgan fingerprint density at radius 3 is 2.76 bits per heavy atom. The van der Waals surface area contributed by atoms with Crippen molar-refractivity contribution in [2.75, 3.05) is 5.73 Å². The average molecular weight is 247 g/mol. The molecule has 0 aliphatic carbocycles. The summed E-state index contributed by atoms with van der Waals surface area (Å²) in [6, 6.07) is 6.61. The molecule has 0 radical (unpaired) electrons. The third-order valence-electron chi connectivity index (χ3n) is 2.47. The lowest BCUT2D eigenvalue weighted by Crippen LogP contribution is -2.05. The van der Waals surface area contributed by atoms with E-state index in [1.54, 1.807) is 36.7 Å². The van der Waals surface area contributed by atoms with Crippen LogP contribution in [-0.2, 0) is 0 Å². The van der Waals surface area contributed by atoms with E-state index >= 15 is 0 Å². The summed E-state index contributed by atoms with van der Waals surface area (Å²) in [6.45, 7) is 1.86. The topological polar surface area (TPSA) is 56.0 Å². The number of carbonyl (C=O) groups excluding carboxylic acids is 1. The van der Waals surface area contributed by atoms with Gasteiger partial charge >= 0.3 is 0 Å². The van der Waals surface area contributed by atoms with Crippen molar-refractivity contribution in [2.45, 2.75) is 6.92 Å². The van der Waals surface area contributed by atoms with Crippen molar-refractivity contribution in [3.63, 3.8) is 0 Å². The molecule has 4 heteroatoms. The summed E-state index contributed by atoms with van der Waals surface area (Å²) < 4.78 is 0. The first-order valence-corrected chi connectivity index (χ1v) is 5.47. The number of halogens is 1. The predicted octanol–water partition coefficient (Wildman–Crippen LogP) is 2.86. The van der Waals surface area contributed by atoms with Crippen LogP contribution in [0.15, 0.2) is 36.7 Å². The summed E-state index contributed by atoms with van der Waals surface area (Å²) >= 11 is 5.87. The first kappa shape index (κ1) is 11.6. The molecule has 0 aliphatic heterocycles. The molecule has 0 saturated carbocycles. The number of anilines is 1. The molecule has 0 atom stereocenters. The monoisotopic (exact) mass is 246 g/mol. The molecule has 0 bridgehead atoms. The Labute approximate surface area is 104 Å². The number of benzene rings is 1. The van der Waals surface area contributed by atoms with Gasteiger partial charge in [0.05, 0.1) is 0 Å². The number of nitrogens with zero attached hydrogens (tertiary/aromatic N) is 1. The number of hydrogen-bond donors (Lipinski definition) is 1. The van der Waals surface area contributed by atoms with Crippen LogP contribution in [0.25, 0.3) is 0 Å². The second kappa shape index (κ2) is 4.55. The molecule has 0 amide bonds. The van der Waals surface area contributed by atoms with Crippen LogP contribution in [-0.4, -0.2) is 10.8 Å². The largest absolute Gasteiger partial charge is 0.399 e. The van der Waals surface area contributed by atoms with Crippen LogP contribution >= 0.6 is 11.6 Å². The lowest BCUT2D eigenvalue weighted by molar-refractivity contribution is 0.103. The molecule has 2 N–H and O–H groups in total. The average Bonchev–Trinajstić information content (AvgIpc) is 2.27. The van der Waals surface area contributed by atoms with E-state index in [-0.39, 0.29) is 5.78 Å². The fraction of sp³-hybridized carbons (Fsp3) is 0.0769. The number of rotatable bonds is 2. The van der Waals surface area contributed by atoms with Gasteiger partial charge in [-0.05, 0) is 36.8 Å². The van der Waals surface area contributed by atoms with Crippen molar-refractivity contribution in [1.82, 2.24) is 4.98 Å². The lowest BCUT2D eigenvalue weighted by Gasteiger charge is -2.05. The van der Waals surface area contributed by atoms with Gasteiger partial charge in [0.25, 0.3) is 0 Å². The van der Waals surface area contributed by atoms with Gasteiger partial charge in [-0.15, -0.1) is 0 Å². The molecular formula is C13H11ClN2O. The van der Waals surface area contributed by atoms with Crippen molar-refractivity contribution in [3.8, 4) is 0 Å². The van der Waals surface area contributed by atoms with E-state index in [2.05, 4.69) is 4.98 Å². The molecule has 3 nitrogen and oxygen atoms in total. The van der Waals surface area contributed by atoms with E-state index in [4.69, 9.17) is 17.3 Å². The molecule has 86 valence electrons. The Morgan fingerprint density at radius 2 is 2.12 bits per heavy atom. The molecule has 2 rings (SSSR count). The Kier molecular flexibility index (Phi) is 3.11. The van der Waals surface area contributed by atoms with E-state index in [1.165, 1.54) is 0 Å². The van der Waals surface area contributed by atoms with Crippen molar-refractivity contribution in [2.24, 2.45) is 0 Å². The minimum Gasteiger partial charge on any atom is -0.399 e. The predicted molar refractivity (Wildman–Crippen MR) is 68.3 cm³/mol. The van der Waals surface area contributed by atoms with Gasteiger partial charge in [-0.1, -0.05) is 11.6 Å². The second-order valence-corrected chi connectivity index (χ2v) is 4.23. The third-order valence-corrected chi connectivity index (χ3v) is 2.68. The minimum absolute atomic E-state index is 0.121. The molecule has 2 aromatic rings. The molecule has 0 fully saturated rings. The number of ketones is 1. The molecule has 1 aromatic carbocycles. The van der Waals surface area contributed by atoms with E-state index in [1.807, 2.05) is 6.92 Å². The quantitative estimate of drug-likeness (QED) is 0.655. The van der Waals surface area contributed by atoms with Gasteiger partial charge in [-0.2, -0.15) is 0 Å². The maximum atomic E-state index is 12.2. The number of carbonyl (C=O) groups is 1. The summed E-state index contributed by atoms with van der Waals surface area (Å²) in [6.07, 6.45) is 3.20. The number of hydrogen-bond acceptors (Lipinski definition) is 3. The summed E-state index contributed by atoms with van der Waals surface area (Å²) in [7, 11) is 0. The van der Waals surface area contributed by atoms with Crippen LogP contribution in [0.5, 0.6) is 0 Å². The van der Waals surface area contributed by atoms with Crippen LogP contribution < -0.4 is 5.73 Å². The van der Waals surface area contributed by atoms with Gasteiger partial charge in [0.1, 0.15) is 0 Å². The summed E-state index contributed by atoms with van der Waals surface area (Å²) in [4.78, 5) is 16.2. The molecule has 0 aliphatic rings. The first-order chi connectivity index (χ1) is 8.08. The standard InChI is InChI=1S/C13H11ClN2O/c1-8-2-3-16-7-12(8)13(17)9-4-10(14)6-11(15)5-9/h2-7H,15H2,1H3. The van der Waals surface area contributed by atoms with E-state index < -0.39 is 0 Å². The van der Waals surface area contributed by atoms with Gasteiger partial charge in [0, 0.05) is 34.2 Å². The smallest absolute Gasteiger partial charge is 0.194 e. The van der Waals surface area contributed by atoms with Gasteiger partial charge < -0.3 is 5.73 Å². The van der Waals surface area contributed by atoms with Gasteiger partial charge in [0.2, 0.25) is 0 Å². The first-order valence-electron chi connectivity index (χ1n) is 5.09. The summed E-state index contributed by atoms with van der Waals surface area (Å²) in [5.74, 6) is -0.121. The maximum Gasteiger partial charge on any atom is 0.194 e. The van der Waals surface area contributed by atoms with Crippen LogP contribution in [0, 0.1) is 6.92 Å². The highest BCUT2D eigenvalue weighted by molar-refractivity contribution is 6.31. The Balaban J connectivity index is 2.48. The number of pyridine rings is 1. The zero-order chi connectivity index (χ0) is 12.4. The molecule has 17 heavy (non-hydrogen) atoms. The second-order valence-electron chi connectivity index (χ2n) is 3.79. The minimum atomic E-state index is -0.121. The van der Waals surface area contributed by atoms with Gasteiger partial charge in [0.15, 0.2) is 5.78 Å². The number of nitrogens with two attached hydrogens (primary N) is 1. The molecule has 0 spiro atoms. The van der Waals surface area contributed by atoms with E-state index in [9.17, 15) is 4.79 Å². The van der Waals surface area contributed by atoms with Crippen molar-refractivity contribution < 1.29 is 4.79 Å². The van der Waals surface area contributed by atoms with Crippen molar-refractivity contribution >= 4 is 23.1 Å². The zero-order valence-corrected chi connectivity index (χ0v) is 10.0. The fourth-order valence-electron chi connectivity index (χ4n) is 1.60. The Bertz CT molecular complexity index is 561. The molecule has 0 unspecified atom stereocenters. The van der Waals surface area contributed by atoms with Crippen LogP contribution in [0.4, 0.5) is 5.69 Å². The van der Waals surface area contributed by atoms with Crippen LogP contribution in [0.1, 0.15) is 21.5 Å². The van der Waals surface area contributed by atoms with Crippen LogP contribution in [0.3, 0.4) is 0 Å². The number of nitrogen functional groups attached to an aromatic ring is 1. The van der Waals surface area contributed by atoms with Gasteiger partial charge in [-0.25, -0.2) is 0 Å². The highest BCUT2D eigenvalue weighted by Gasteiger charge is 2.12. The molecule has 1 aromatic heterocycles. The van der Waals surface area contributed by atoms with Crippen LogP contribution in [0.2, 0.25) is 5.02 Å².